The number of carbonyl (C=O) groups excluding carboxylic acids is 1. The van der Waals surface area contributed by atoms with Crippen molar-refractivity contribution < 1.29 is 4.79 Å². The Bertz CT molecular complexity index is 324. The molecule has 20 heavy (non-hydrogen) atoms. The number of nitrogens with zero attached hydrogens (tertiary/aromatic N) is 1. The maximum Gasteiger partial charge on any atom is 0.223 e. The maximum absolute atomic E-state index is 12.8. The molecule has 0 radical (unpaired) electrons. The van der Waals surface area contributed by atoms with Gasteiger partial charge in [0.15, 0.2) is 0 Å². The zero-order chi connectivity index (χ0) is 13.9. The molecule has 3 fully saturated rings. The SMILES string of the molecule is CC(CC(=O)N1C2CCNCC1CC2)C1CCCCC1. The second-order valence-corrected chi connectivity index (χ2v) is 7.26. The molecule has 0 spiro atoms. The van der Waals surface area contributed by atoms with E-state index in [2.05, 4.69) is 17.1 Å². The Balaban J connectivity index is 1.57. The van der Waals surface area contributed by atoms with Crippen molar-refractivity contribution in [3.63, 3.8) is 0 Å². The Hall–Kier alpha value is -0.570. The highest BCUT2D eigenvalue weighted by atomic mass is 16.2. The number of hydrogen-bond acceptors (Lipinski definition) is 2. The molecule has 2 saturated heterocycles. The van der Waals surface area contributed by atoms with E-state index in [-0.39, 0.29) is 0 Å². The quantitative estimate of drug-likeness (QED) is 0.861. The summed E-state index contributed by atoms with van der Waals surface area (Å²) >= 11 is 0. The van der Waals surface area contributed by atoms with Crippen LogP contribution in [0.4, 0.5) is 0 Å². The predicted molar refractivity (Wildman–Crippen MR) is 81.5 cm³/mol. The van der Waals surface area contributed by atoms with E-state index in [0.717, 1.165) is 31.8 Å². The fraction of sp³-hybridized carbons (Fsp3) is 0.941. The van der Waals surface area contributed by atoms with Crippen molar-refractivity contribution in [2.75, 3.05) is 13.1 Å². The van der Waals surface area contributed by atoms with Crippen LogP contribution in [0.3, 0.4) is 0 Å². The normalized spacial score (nSPS) is 33.0. The molecule has 1 N–H and O–H groups in total. The number of carbonyl (C=O) groups is 1. The Labute approximate surface area is 123 Å². The molecule has 0 aromatic rings. The van der Waals surface area contributed by atoms with Crippen LogP contribution in [-0.4, -0.2) is 36.0 Å². The number of rotatable bonds is 3. The molecule has 1 amide bonds. The van der Waals surface area contributed by atoms with Gasteiger partial charge in [0.25, 0.3) is 0 Å². The first-order valence-corrected chi connectivity index (χ1v) is 8.77. The van der Waals surface area contributed by atoms with Gasteiger partial charge in [0.05, 0.1) is 0 Å². The summed E-state index contributed by atoms with van der Waals surface area (Å²) in [6, 6.07) is 1.01. The summed E-state index contributed by atoms with van der Waals surface area (Å²) in [5, 5.41) is 3.49. The van der Waals surface area contributed by atoms with Crippen molar-refractivity contribution in [2.45, 2.75) is 76.8 Å². The molecule has 0 aromatic carbocycles. The van der Waals surface area contributed by atoms with Crippen LogP contribution in [0.5, 0.6) is 0 Å². The van der Waals surface area contributed by atoms with Crippen LogP contribution < -0.4 is 5.32 Å². The number of amides is 1. The summed E-state index contributed by atoms with van der Waals surface area (Å²) in [6.45, 7) is 4.41. The molecule has 3 atom stereocenters. The molecule has 3 aliphatic rings. The van der Waals surface area contributed by atoms with Gasteiger partial charge in [-0.1, -0.05) is 39.0 Å². The third-order valence-corrected chi connectivity index (χ3v) is 5.89. The zero-order valence-corrected chi connectivity index (χ0v) is 12.9. The zero-order valence-electron chi connectivity index (χ0n) is 12.9. The van der Waals surface area contributed by atoms with E-state index in [9.17, 15) is 4.79 Å². The largest absolute Gasteiger partial charge is 0.335 e. The Morgan fingerprint density at radius 2 is 1.85 bits per heavy atom. The van der Waals surface area contributed by atoms with Gasteiger partial charge in [0.2, 0.25) is 5.91 Å². The van der Waals surface area contributed by atoms with Crippen LogP contribution in [0.2, 0.25) is 0 Å². The van der Waals surface area contributed by atoms with Crippen molar-refractivity contribution in [3.05, 3.63) is 0 Å². The lowest BCUT2D eigenvalue weighted by atomic mass is 9.79. The molecule has 1 saturated carbocycles. The lowest BCUT2D eigenvalue weighted by Crippen LogP contribution is -2.43. The van der Waals surface area contributed by atoms with Crippen molar-refractivity contribution in [3.8, 4) is 0 Å². The van der Waals surface area contributed by atoms with Gasteiger partial charge in [0.1, 0.15) is 0 Å². The standard InChI is InChI=1S/C17H30N2O/c1-13(14-5-3-2-4-6-14)11-17(20)19-15-7-8-16(19)12-18-10-9-15/h13-16,18H,2-12H2,1H3. The molecule has 1 aliphatic carbocycles. The molecule has 114 valence electrons. The summed E-state index contributed by atoms with van der Waals surface area (Å²) in [7, 11) is 0. The van der Waals surface area contributed by atoms with E-state index in [1.807, 2.05) is 0 Å². The molecule has 0 aromatic heterocycles. The lowest BCUT2D eigenvalue weighted by Gasteiger charge is -2.32. The first kappa shape index (κ1) is 14.4. The minimum absolute atomic E-state index is 0.444. The van der Waals surface area contributed by atoms with Crippen molar-refractivity contribution >= 4 is 5.91 Å². The Morgan fingerprint density at radius 1 is 1.10 bits per heavy atom. The molecule has 3 rings (SSSR count). The van der Waals surface area contributed by atoms with Crippen molar-refractivity contribution in [1.82, 2.24) is 10.2 Å². The minimum Gasteiger partial charge on any atom is -0.335 e. The summed E-state index contributed by atoms with van der Waals surface area (Å²) in [6.07, 6.45) is 11.2. The van der Waals surface area contributed by atoms with Gasteiger partial charge >= 0.3 is 0 Å². The fourth-order valence-corrected chi connectivity index (χ4v) is 4.64. The van der Waals surface area contributed by atoms with Crippen molar-refractivity contribution in [1.29, 1.82) is 0 Å². The van der Waals surface area contributed by atoms with Crippen LogP contribution in [-0.2, 0) is 4.79 Å². The molecular formula is C17H30N2O. The van der Waals surface area contributed by atoms with E-state index >= 15 is 0 Å². The number of hydrogen-bond donors (Lipinski definition) is 1. The fourth-order valence-electron chi connectivity index (χ4n) is 4.64. The van der Waals surface area contributed by atoms with Gasteiger partial charge < -0.3 is 10.2 Å². The molecule has 3 nitrogen and oxygen atoms in total. The molecule has 2 bridgehead atoms. The molecule has 3 heteroatoms. The molecule has 2 aliphatic heterocycles. The van der Waals surface area contributed by atoms with Gasteiger partial charge in [-0.05, 0) is 37.6 Å². The maximum atomic E-state index is 12.8. The summed E-state index contributed by atoms with van der Waals surface area (Å²) in [5.74, 6) is 1.83. The summed E-state index contributed by atoms with van der Waals surface area (Å²) in [4.78, 5) is 15.0. The third-order valence-electron chi connectivity index (χ3n) is 5.89. The highest BCUT2D eigenvalue weighted by Crippen LogP contribution is 2.34. The third kappa shape index (κ3) is 3.03. The van der Waals surface area contributed by atoms with Gasteiger partial charge in [-0.25, -0.2) is 0 Å². The molecular weight excluding hydrogens is 248 g/mol. The highest BCUT2D eigenvalue weighted by molar-refractivity contribution is 5.77. The van der Waals surface area contributed by atoms with E-state index in [1.54, 1.807) is 0 Å². The van der Waals surface area contributed by atoms with Crippen LogP contribution >= 0.6 is 0 Å². The van der Waals surface area contributed by atoms with E-state index in [4.69, 9.17) is 0 Å². The van der Waals surface area contributed by atoms with E-state index in [0.29, 0.717) is 23.9 Å². The van der Waals surface area contributed by atoms with Crippen LogP contribution in [0.25, 0.3) is 0 Å². The number of fused-ring (bicyclic) bond motifs is 2. The average Bonchev–Trinajstić information content (AvgIpc) is 2.73. The predicted octanol–water partition coefficient (Wildman–Crippen LogP) is 2.95. The summed E-state index contributed by atoms with van der Waals surface area (Å²) < 4.78 is 0. The monoisotopic (exact) mass is 278 g/mol. The molecule has 3 unspecified atom stereocenters. The van der Waals surface area contributed by atoms with Gasteiger partial charge in [-0.2, -0.15) is 0 Å². The lowest BCUT2D eigenvalue weighted by molar-refractivity contribution is -0.135. The average molecular weight is 278 g/mol. The van der Waals surface area contributed by atoms with Gasteiger partial charge in [0, 0.05) is 25.0 Å². The van der Waals surface area contributed by atoms with Crippen LogP contribution in [0.1, 0.15) is 64.7 Å². The summed E-state index contributed by atoms with van der Waals surface area (Å²) in [5.41, 5.74) is 0. The van der Waals surface area contributed by atoms with Gasteiger partial charge in [-0.15, -0.1) is 0 Å². The Kier molecular flexibility index (Phi) is 4.65. The second-order valence-electron chi connectivity index (χ2n) is 7.26. The highest BCUT2D eigenvalue weighted by Gasteiger charge is 2.38. The number of nitrogens with one attached hydrogen (secondary N) is 1. The van der Waals surface area contributed by atoms with E-state index < -0.39 is 0 Å². The molecule has 2 heterocycles. The Morgan fingerprint density at radius 3 is 2.65 bits per heavy atom. The topological polar surface area (TPSA) is 32.3 Å². The van der Waals surface area contributed by atoms with Crippen molar-refractivity contribution in [2.24, 2.45) is 11.8 Å². The van der Waals surface area contributed by atoms with E-state index in [1.165, 1.54) is 44.9 Å². The smallest absolute Gasteiger partial charge is 0.223 e. The second kappa shape index (κ2) is 6.46. The first-order chi connectivity index (χ1) is 9.75. The van der Waals surface area contributed by atoms with Crippen LogP contribution in [0.15, 0.2) is 0 Å². The minimum atomic E-state index is 0.444. The first-order valence-electron chi connectivity index (χ1n) is 8.77. The van der Waals surface area contributed by atoms with Gasteiger partial charge in [-0.3, -0.25) is 4.79 Å². The van der Waals surface area contributed by atoms with Crippen LogP contribution in [0, 0.1) is 11.8 Å².